The lowest BCUT2D eigenvalue weighted by molar-refractivity contribution is -0.403. The highest BCUT2D eigenvalue weighted by atomic mass is 35.5. The average Bonchev–Trinajstić information content (AvgIpc) is 2.22. The summed E-state index contributed by atoms with van der Waals surface area (Å²) < 4.78 is 0. The van der Waals surface area contributed by atoms with Crippen molar-refractivity contribution in [2.75, 3.05) is 7.05 Å². The normalized spacial score (nSPS) is 11.3. The first-order valence-electron chi connectivity index (χ1n) is 4.34. The summed E-state index contributed by atoms with van der Waals surface area (Å²) in [6, 6.07) is 1.63. The van der Waals surface area contributed by atoms with Crippen molar-refractivity contribution in [3.05, 3.63) is 50.0 Å². The van der Waals surface area contributed by atoms with Crippen molar-refractivity contribution in [3.8, 4) is 0 Å². The molecule has 0 amide bonds. The van der Waals surface area contributed by atoms with E-state index in [1.54, 1.807) is 13.1 Å². The highest BCUT2D eigenvalue weighted by Crippen LogP contribution is 2.20. The van der Waals surface area contributed by atoms with Crippen LogP contribution < -0.4 is 5.32 Å². The fourth-order valence-electron chi connectivity index (χ4n) is 1.10. The molecule has 0 aliphatic rings. The van der Waals surface area contributed by atoms with Gasteiger partial charge in [0.1, 0.15) is 5.15 Å². The summed E-state index contributed by atoms with van der Waals surface area (Å²) in [6.07, 6.45) is 2.78. The number of hydrogen-bond acceptors (Lipinski definition) is 4. The highest BCUT2D eigenvalue weighted by Gasteiger charge is 2.05. The predicted octanol–water partition coefficient (Wildman–Crippen LogP) is 2.27. The van der Waals surface area contributed by atoms with Gasteiger partial charge in [-0.2, -0.15) is 0 Å². The third-order valence-electron chi connectivity index (χ3n) is 1.83. The largest absolute Gasteiger partial charge is 0.386 e. The van der Waals surface area contributed by atoms with Crippen LogP contribution in [-0.2, 0) is 6.42 Å². The van der Waals surface area contributed by atoms with Gasteiger partial charge in [-0.05, 0) is 11.6 Å². The summed E-state index contributed by atoms with van der Waals surface area (Å²) >= 11 is 11.4. The molecule has 0 saturated heterocycles. The van der Waals surface area contributed by atoms with E-state index >= 15 is 0 Å². The van der Waals surface area contributed by atoms with E-state index in [-0.39, 0.29) is 5.15 Å². The van der Waals surface area contributed by atoms with Gasteiger partial charge in [0.15, 0.2) is 0 Å². The van der Waals surface area contributed by atoms with E-state index in [0.717, 1.165) is 11.8 Å². The SMILES string of the molecule is CN/C(=C\[N+](=O)[O-])Cc1cnc(Cl)c(Cl)c1. The predicted molar refractivity (Wildman–Crippen MR) is 62.1 cm³/mol. The van der Waals surface area contributed by atoms with Crippen LogP contribution in [0.25, 0.3) is 0 Å². The molecule has 5 nitrogen and oxygen atoms in total. The molecule has 16 heavy (non-hydrogen) atoms. The molecule has 0 saturated carbocycles. The summed E-state index contributed by atoms with van der Waals surface area (Å²) in [6.45, 7) is 0. The van der Waals surface area contributed by atoms with Gasteiger partial charge < -0.3 is 5.32 Å². The molecule has 86 valence electrons. The van der Waals surface area contributed by atoms with Crippen LogP contribution in [0.1, 0.15) is 5.56 Å². The molecule has 7 heteroatoms. The molecule has 0 atom stereocenters. The van der Waals surface area contributed by atoms with Gasteiger partial charge in [0.05, 0.1) is 15.6 Å². The number of nitrogens with zero attached hydrogens (tertiary/aromatic N) is 2. The molecule has 1 rings (SSSR count). The number of nitro groups is 1. The van der Waals surface area contributed by atoms with Crippen LogP contribution in [0.3, 0.4) is 0 Å². The average molecular weight is 262 g/mol. The molecular weight excluding hydrogens is 253 g/mol. The maximum Gasteiger partial charge on any atom is 0.253 e. The van der Waals surface area contributed by atoms with E-state index in [1.165, 1.54) is 6.20 Å². The molecule has 1 N–H and O–H groups in total. The first kappa shape index (κ1) is 12.7. The smallest absolute Gasteiger partial charge is 0.253 e. The zero-order valence-corrected chi connectivity index (χ0v) is 9.92. The first-order valence-corrected chi connectivity index (χ1v) is 5.10. The lowest BCUT2D eigenvalue weighted by Crippen LogP contribution is -2.10. The van der Waals surface area contributed by atoms with E-state index < -0.39 is 4.92 Å². The van der Waals surface area contributed by atoms with Crippen molar-refractivity contribution in [3.63, 3.8) is 0 Å². The van der Waals surface area contributed by atoms with Gasteiger partial charge in [0.25, 0.3) is 6.20 Å². The van der Waals surface area contributed by atoms with E-state index in [4.69, 9.17) is 23.2 Å². The van der Waals surface area contributed by atoms with Crippen molar-refractivity contribution < 1.29 is 4.92 Å². The molecule has 0 unspecified atom stereocenters. The van der Waals surface area contributed by atoms with Crippen molar-refractivity contribution >= 4 is 23.2 Å². The van der Waals surface area contributed by atoms with Crippen LogP contribution in [0.4, 0.5) is 0 Å². The number of pyridine rings is 1. The molecule has 0 aliphatic heterocycles. The Kier molecular flexibility index (Phi) is 4.52. The van der Waals surface area contributed by atoms with Gasteiger partial charge in [0, 0.05) is 19.7 Å². The van der Waals surface area contributed by atoms with Gasteiger partial charge in [0.2, 0.25) is 0 Å². The van der Waals surface area contributed by atoms with Gasteiger partial charge >= 0.3 is 0 Å². The van der Waals surface area contributed by atoms with Crippen molar-refractivity contribution in [1.82, 2.24) is 10.3 Å². The molecule has 0 bridgehead atoms. The lowest BCUT2D eigenvalue weighted by atomic mass is 10.2. The maximum atomic E-state index is 10.3. The third-order valence-corrected chi connectivity index (χ3v) is 2.52. The quantitative estimate of drug-likeness (QED) is 0.513. The Balaban J connectivity index is 2.86. The zero-order valence-electron chi connectivity index (χ0n) is 8.41. The number of nitrogens with one attached hydrogen (secondary N) is 1. The summed E-state index contributed by atoms with van der Waals surface area (Å²) in [5, 5.41) is 13.6. The Morgan fingerprint density at radius 2 is 2.38 bits per heavy atom. The zero-order chi connectivity index (χ0) is 12.1. The Morgan fingerprint density at radius 3 is 2.88 bits per heavy atom. The van der Waals surface area contributed by atoms with E-state index in [2.05, 4.69) is 10.3 Å². The number of likely N-dealkylation sites (N-methyl/N-ethyl adjacent to an activating group) is 1. The monoisotopic (exact) mass is 261 g/mol. The summed E-state index contributed by atoms with van der Waals surface area (Å²) in [5.74, 6) is 0. The molecule has 1 heterocycles. The number of hydrogen-bond donors (Lipinski definition) is 1. The summed E-state index contributed by atoms with van der Waals surface area (Å²) in [5.41, 5.74) is 1.21. The third kappa shape index (κ3) is 3.67. The Morgan fingerprint density at radius 1 is 1.69 bits per heavy atom. The second-order valence-corrected chi connectivity index (χ2v) is 3.75. The molecule has 1 aromatic rings. The summed E-state index contributed by atoms with van der Waals surface area (Å²) in [7, 11) is 1.61. The van der Waals surface area contributed by atoms with Gasteiger partial charge in [-0.25, -0.2) is 4.98 Å². The van der Waals surface area contributed by atoms with E-state index in [0.29, 0.717) is 17.1 Å². The molecule has 0 spiro atoms. The Hall–Kier alpha value is -1.33. The van der Waals surface area contributed by atoms with Crippen LogP contribution in [-0.4, -0.2) is 17.0 Å². The fourth-order valence-corrected chi connectivity index (χ4v) is 1.40. The number of aromatic nitrogens is 1. The molecular formula is C9H9Cl2N3O2. The minimum absolute atomic E-state index is 0.217. The lowest BCUT2D eigenvalue weighted by Gasteiger charge is -2.04. The molecule has 0 fully saturated rings. The van der Waals surface area contributed by atoms with Gasteiger partial charge in [-0.15, -0.1) is 0 Å². The minimum Gasteiger partial charge on any atom is -0.386 e. The van der Waals surface area contributed by atoms with Crippen LogP contribution >= 0.6 is 23.2 Å². The van der Waals surface area contributed by atoms with Crippen molar-refractivity contribution in [2.24, 2.45) is 0 Å². The highest BCUT2D eigenvalue weighted by molar-refractivity contribution is 6.41. The number of allylic oxidation sites excluding steroid dienone is 1. The topological polar surface area (TPSA) is 68.1 Å². The Bertz CT molecular complexity index is 435. The van der Waals surface area contributed by atoms with E-state index in [9.17, 15) is 10.1 Å². The van der Waals surface area contributed by atoms with Crippen LogP contribution in [0.5, 0.6) is 0 Å². The van der Waals surface area contributed by atoms with E-state index in [1.807, 2.05) is 0 Å². The molecule has 0 aliphatic carbocycles. The second kappa shape index (κ2) is 5.67. The number of rotatable bonds is 4. The minimum atomic E-state index is -0.517. The van der Waals surface area contributed by atoms with Gasteiger partial charge in [-0.1, -0.05) is 23.2 Å². The van der Waals surface area contributed by atoms with Crippen molar-refractivity contribution in [2.45, 2.75) is 6.42 Å². The first-order chi connectivity index (χ1) is 7.52. The Labute approximate surface area is 102 Å². The molecule has 0 radical (unpaired) electrons. The fraction of sp³-hybridized carbons (Fsp3) is 0.222. The second-order valence-electron chi connectivity index (χ2n) is 2.98. The van der Waals surface area contributed by atoms with Gasteiger partial charge in [-0.3, -0.25) is 10.1 Å². The van der Waals surface area contributed by atoms with Crippen molar-refractivity contribution in [1.29, 1.82) is 0 Å². The standard InChI is InChI=1S/C9H9Cl2N3O2/c1-12-7(5-14(15)16)2-6-3-8(10)9(11)13-4-6/h3-5,12H,2H2,1H3/b7-5-. The maximum absolute atomic E-state index is 10.3. The molecule has 0 aromatic carbocycles. The summed E-state index contributed by atoms with van der Waals surface area (Å²) in [4.78, 5) is 13.6. The van der Waals surface area contributed by atoms with Crippen LogP contribution in [0, 0.1) is 10.1 Å². The molecule has 1 aromatic heterocycles. The van der Waals surface area contributed by atoms with Crippen LogP contribution in [0.2, 0.25) is 10.2 Å². The van der Waals surface area contributed by atoms with Crippen LogP contribution in [0.15, 0.2) is 24.2 Å². The number of halogens is 2.